The number of nitrogens with zero attached hydrogens (tertiary/aromatic N) is 3. The Hall–Kier alpha value is -3.32. The molecule has 0 bridgehead atoms. The van der Waals surface area contributed by atoms with Crippen LogP contribution >= 0.6 is 22.7 Å². The molecule has 0 spiro atoms. The van der Waals surface area contributed by atoms with E-state index in [-0.39, 0.29) is 18.2 Å². The Balaban J connectivity index is 1.37. The molecule has 40 heavy (non-hydrogen) atoms. The first-order valence-corrected chi connectivity index (χ1v) is 15.0. The van der Waals surface area contributed by atoms with Crippen molar-refractivity contribution < 1.29 is 23.9 Å². The molecule has 0 aliphatic carbocycles. The van der Waals surface area contributed by atoms with Crippen molar-refractivity contribution in [3.05, 3.63) is 62.7 Å². The molecule has 3 amide bonds. The highest BCUT2D eigenvalue weighted by Crippen LogP contribution is 2.24. The van der Waals surface area contributed by atoms with Crippen LogP contribution in [0.15, 0.2) is 45.9 Å². The predicted octanol–water partition coefficient (Wildman–Crippen LogP) is 5.34. The number of Topliss-reactive ketones (excluding diaryl/α,β-unsaturated/α-hetero) is 1. The lowest BCUT2D eigenvalue weighted by atomic mass is 10.1. The minimum absolute atomic E-state index is 0.0930. The van der Waals surface area contributed by atoms with Gasteiger partial charge in [-0.15, -0.1) is 11.3 Å². The molecule has 10 nitrogen and oxygen atoms in total. The summed E-state index contributed by atoms with van der Waals surface area (Å²) in [6.45, 7) is 10.1. The summed E-state index contributed by atoms with van der Waals surface area (Å²) >= 11 is 2.92. The van der Waals surface area contributed by atoms with Gasteiger partial charge in [-0.1, -0.05) is 6.07 Å². The third-order valence-electron chi connectivity index (χ3n) is 6.06. The first-order chi connectivity index (χ1) is 19.2. The fourth-order valence-electron chi connectivity index (χ4n) is 4.03. The van der Waals surface area contributed by atoms with Crippen molar-refractivity contribution >= 4 is 52.0 Å². The Labute approximate surface area is 242 Å². The van der Waals surface area contributed by atoms with Crippen LogP contribution in [0, 0.1) is 0 Å². The van der Waals surface area contributed by atoms with Crippen molar-refractivity contribution in [1.29, 1.82) is 0 Å². The van der Waals surface area contributed by atoms with Crippen molar-refractivity contribution in [2.45, 2.75) is 39.3 Å². The summed E-state index contributed by atoms with van der Waals surface area (Å²) < 4.78 is 10.7. The molecule has 0 unspecified atom stereocenters. The molecule has 0 atom stereocenters. The molecular weight excluding hydrogens is 550 g/mol. The van der Waals surface area contributed by atoms with E-state index in [1.54, 1.807) is 43.3 Å². The number of urea groups is 1. The molecule has 12 heteroatoms. The van der Waals surface area contributed by atoms with Gasteiger partial charge < -0.3 is 19.7 Å². The standard InChI is InChI=1S/C28H35N5O5S2/c1-28(2,3)38-27(36)31-24-19-40-17-21(24)14-25(34)23-5-4-20(15-29-23)16-33(8-7-32-9-11-37-12-10-32)26(35)30-22-6-13-39-18-22/h4-6,13,15,17-19H,7-12,14,16H2,1-3H3,(H,30,35)(H,31,36). The lowest BCUT2D eigenvalue weighted by Gasteiger charge is -2.30. The van der Waals surface area contributed by atoms with Gasteiger partial charge in [-0.3, -0.25) is 20.0 Å². The van der Waals surface area contributed by atoms with Crippen molar-refractivity contribution in [2.24, 2.45) is 0 Å². The molecule has 3 aromatic rings. The number of carbonyl (C=O) groups excluding carboxylic acids is 3. The smallest absolute Gasteiger partial charge is 0.412 e. The normalized spacial score (nSPS) is 14.0. The Morgan fingerprint density at radius 2 is 1.88 bits per heavy atom. The maximum atomic E-state index is 13.1. The summed E-state index contributed by atoms with van der Waals surface area (Å²) in [7, 11) is 0. The molecule has 0 aromatic carbocycles. The molecule has 0 saturated carbocycles. The second kappa shape index (κ2) is 13.8. The number of morpholine rings is 1. The number of thiophene rings is 2. The number of carbonyl (C=O) groups is 3. The second-order valence-electron chi connectivity index (χ2n) is 10.4. The van der Waals surface area contributed by atoms with Crippen molar-refractivity contribution in [3.8, 4) is 0 Å². The quantitative estimate of drug-likeness (QED) is 0.309. The van der Waals surface area contributed by atoms with Crippen LogP contribution in [0.25, 0.3) is 0 Å². The number of amides is 3. The molecule has 1 aliphatic heterocycles. The van der Waals surface area contributed by atoms with Crippen LogP contribution in [-0.4, -0.2) is 77.7 Å². The van der Waals surface area contributed by atoms with E-state index < -0.39 is 11.7 Å². The molecule has 3 aromatic heterocycles. The molecular formula is C28H35N5O5S2. The van der Waals surface area contributed by atoms with E-state index in [1.165, 1.54) is 22.7 Å². The average Bonchev–Trinajstić information content (AvgIpc) is 3.58. The van der Waals surface area contributed by atoms with Gasteiger partial charge in [0.15, 0.2) is 5.78 Å². The number of ether oxygens (including phenoxy) is 2. The van der Waals surface area contributed by atoms with Gasteiger partial charge in [0, 0.05) is 56.1 Å². The van der Waals surface area contributed by atoms with Gasteiger partial charge in [-0.05, 0) is 54.8 Å². The molecule has 214 valence electrons. The van der Waals surface area contributed by atoms with Crippen LogP contribution in [-0.2, 0) is 22.4 Å². The van der Waals surface area contributed by atoms with Crippen LogP contribution in [0.3, 0.4) is 0 Å². The number of pyridine rings is 1. The summed E-state index contributed by atoms with van der Waals surface area (Å²) in [6, 6.07) is 5.19. The summed E-state index contributed by atoms with van der Waals surface area (Å²) in [6.07, 6.45) is 1.17. The summed E-state index contributed by atoms with van der Waals surface area (Å²) in [4.78, 5) is 46.7. The fraction of sp³-hybridized carbons (Fsp3) is 0.429. The van der Waals surface area contributed by atoms with Crippen LogP contribution in [0.1, 0.15) is 42.4 Å². The number of aromatic nitrogens is 1. The highest BCUT2D eigenvalue weighted by atomic mass is 32.1. The summed E-state index contributed by atoms with van der Waals surface area (Å²) in [5.74, 6) is -0.170. The van der Waals surface area contributed by atoms with E-state index in [0.29, 0.717) is 43.2 Å². The Morgan fingerprint density at radius 1 is 1.07 bits per heavy atom. The topological polar surface area (TPSA) is 113 Å². The first-order valence-electron chi connectivity index (χ1n) is 13.1. The monoisotopic (exact) mass is 585 g/mol. The third-order valence-corrected chi connectivity index (χ3v) is 7.54. The lowest BCUT2D eigenvalue weighted by Crippen LogP contribution is -2.44. The zero-order valence-electron chi connectivity index (χ0n) is 23.0. The van der Waals surface area contributed by atoms with Crippen LogP contribution in [0.2, 0.25) is 0 Å². The molecule has 4 rings (SSSR count). The zero-order valence-corrected chi connectivity index (χ0v) is 24.6. The number of nitrogens with one attached hydrogen (secondary N) is 2. The van der Waals surface area contributed by atoms with E-state index >= 15 is 0 Å². The number of rotatable bonds is 10. The summed E-state index contributed by atoms with van der Waals surface area (Å²) in [5.41, 5.74) is 2.54. The van der Waals surface area contributed by atoms with Gasteiger partial charge in [-0.25, -0.2) is 9.59 Å². The van der Waals surface area contributed by atoms with Gasteiger partial charge in [0.1, 0.15) is 11.3 Å². The highest BCUT2D eigenvalue weighted by molar-refractivity contribution is 7.08. The van der Waals surface area contributed by atoms with Gasteiger partial charge >= 0.3 is 12.1 Å². The number of anilines is 2. The van der Waals surface area contributed by atoms with Crippen LogP contribution in [0.4, 0.5) is 21.0 Å². The van der Waals surface area contributed by atoms with E-state index in [4.69, 9.17) is 9.47 Å². The number of hydrogen-bond acceptors (Lipinski definition) is 9. The maximum Gasteiger partial charge on any atom is 0.412 e. The molecule has 1 fully saturated rings. The number of hydrogen-bond donors (Lipinski definition) is 2. The van der Waals surface area contributed by atoms with Gasteiger partial charge in [-0.2, -0.15) is 11.3 Å². The van der Waals surface area contributed by atoms with Crippen LogP contribution < -0.4 is 10.6 Å². The SMILES string of the molecule is CC(C)(C)OC(=O)Nc1cscc1CC(=O)c1ccc(CN(CCN2CCOCC2)C(=O)Nc2ccsc2)cn1. The Morgan fingerprint density at radius 3 is 2.55 bits per heavy atom. The van der Waals surface area contributed by atoms with Gasteiger partial charge in [0.25, 0.3) is 0 Å². The largest absolute Gasteiger partial charge is 0.444 e. The fourth-order valence-corrected chi connectivity index (χ4v) is 5.40. The van der Waals surface area contributed by atoms with Crippen molar-refractivity contribution in [3.63, 3.8) is 0 Å². The van der Waals surface area contributed by atoms with Gasteiger partial charge in [0.2, 0.25) is 0 Å². The second-order valence-corrected chi connectivity index (χ2v) is 11.9. The third kappa shape index (κ3) is 9.12. The maximum absolute atomic E-state index is 13.1. The van der Waals surface area contributed by atoms with E-state index in [0.717, 1.165) is 30.9 Å². The molecule has 4 heterocycles. The molecule has 0 radical (unpaired) electrons. The summed E-state index contributed by atoms with van der Waals surface area (Å²) in [5, 5.41) is 13.1. The van der Waals surface area contributed by atoms with Crippen LogP contribution in [0.5, 0.6) is 0 Å². The molecule has 1 aliphatic rings. The van der Waals surface area contributed by atoms with Crippen molar-refractivity contribution in [1.82, 2.24) is 14.8 Å². The Kier molecular flexibility index (Phi) is 10.3. The molecule has 1 saturated heterocycles. The lowest BCUT2D eigenvalue weighted by molar-refractivity contribution is 0.0349. The van der Waals surface area contributed by atoms with Crippen molar-refractivity contribution in [2.75, 3.05) is 50.0 Å². The minimum Gasteiger partial charge on any atom is -0.444 e. The zero-order chi connectivity index (χ0) is 28.5. The first kappa shape index (κ1) is 29.7. The van der Waals surface area contributed by atoms with Gasteiger partial charge in [0.05, 0.1) is 24.6 Å². The molecule has 2 N–H and O–H groups in total. The van der Waals surface area contributed by atoms with E-state index in [1.807, 2.05) is 28.3 Å². The highest BCUT2D eigenvalue weighted by Gasteiger charge is 2.20. The average molecular weight is 586 g/mol. The van der Waals surface area contributed by atoms with E-state index in [9.17, 15) is 14.4 Å². The minimum atomic E-state index is -0.621. The number of ketones is 1. The predicted molar refractivity (Wildman–Crippen MR) is 157 cm³/mol. The Bertz CT molecular complexity index is 1270. The van der Waals surface area contributed by atoms with E-state index in [2.05, 4.69) is 20.5 Å².